The van der Waals surface area contributed by atoms with Gasteiger partial charge in [-0.05, 0) is 73.3 Å². The lowest BCUT2D eigenvalue weighted by Gasteiger charge is -2.54. The molecule has 3 saturated carbocycles. The molecule has 0 unspecified atom stereocenters. The van der Waals surface area contributed by atoms with Crippen LogP contribution < -0.4 is 0 Å². The molecule has 4 aliphatic rings. The molecule has 1 aromatic rings. The molecule has 3 aliphatic carbocycles. The van der Waals surface area contributed by atoms with E-state index in [2.05, 4.69) is 44.2 Å². The van der Waals surface area contributed by atoms with Crippen LogP contribution >= 0.6 is 0 Å². The smallest absolute Gasteiger partial charge is 0.181 e. The first-order chi connectivity index (χ1) is 15.2. The number of unbranched alkanes of at least 4 members (excludes halogenated alkanes) is 2. The average Bonchev–Trinajstić information content (AvgIpc) is 2.84. The molecule has 4 fully saturated rings. The van der Waals surface area contributed by atoms with Gasteiger partial charge >= 0.3 is 0 Å². The van der Waals surface area contributed by atoms with Gasteiger partial charge in [0, 0.05) is 0 Å². The third-order valence-electron chi connectivity index (χ3n) is 8.25. The summed E-state index contributed by atoms with van der Waals surface area (Å²) in [6.45, 7) is 6.08. The van der Waals surface area contributed by atoms with Crippen molar-refractivity contribution in [1.29, 1.82) is 0 Å². The molecule has 1 aliphatic heterocycles. The van der Waals surface area contributed by atoms with Gasteiger partial charge in [-0.15, -0.1) is 0 Å². The fourth-order valence-electron chi connectivity index (χ4n) is 6.04. The Morgan fingerprint density at radius 3 is 2.26 bits per heavy atom. The SMILES string of the molecule is CC/C=C/CO[C@H]1CO[C@H](c2ccc(C34CCC(CCCCC)(CC3)CC4)cc2)CO1. The summed E-state index contributed by atoms with van der Waals surface area (Å²) in [5.74, 6) is 0. The van der Waals surface area contributed by atoms with Crippen molar-refractivity contribution in [3.63, 3.8) is 0 Å². The maximum atomic E-state index is 6.06. The van der Waals surface area contributed by atoms with E-state index in [4.69, 9.17) is 14.2 Å². The van der Waals surface area contributed by atoms with Crippen LogP contribution in [0.25, 0.3) is 0 Å². The van der Waals surface area contributed by atoms with Gasteiger partial charge in [0.1, 0.15) is 6.10 Å². The predicted octanol–water partition coefficient (Wildman–Crippen LogP) is 7.26. The zero-order valence-corrected chi connectivity index (χ0v) is 19.7. The molecule has 1 saturated heterocycles. The van der Waals surface area contributed by atoms with E-state index in [-0.39, 0.29) is 12.4 Å². The van der Waals surface area contributed by atoms with Crippen LogP contribution in [-0.4, -0.2) is 26.1 Å². The van der Waals surface area contributed by atoms with E-state index in [9.17, 15) is 0 Å². The molecule has 1 aromatic carbocycles. The van der Waals surface area contributed by atoms with E-state index in [0.29, 0.717) is 30.7 Å². The Morgan fingerprint density at radius 2 is 1.65 bits per heavy atom. The Kier molecular flexibility index (Phi) is 7.90. The molecule has 2 bridgehead atoms. The topological polar surface area (TPSA) is 27.7 Å². The summed E-state index contributed by atoms with van der Waals surface area (Å²) in [6, 6.07) is 9.32. The minimum absolute atomic E-state index is 0.0153. The Morgan fingerprint density at radius 1 is 0.903 bits per heavy atom. The van der Waals surface area contributed by atoms with Crippen molar-refractivity contribution < 1.29 is 14.2 Å². The predicted molar refractivity (Wildman–Crippen MR) is 126 cm³/mol. The van der Waals surface area contributed by atoms with Crippen molar-refractivity contribution in [2.75, 3.05) is 19.8 Å². The fraction of sp³-hybridized carbons (Fsp3) is 0.714. The van der Waals surface area contributed by atoms with Gasteiger partial charge in [-0.1, -0.05) is 69.5 Å². The van der Waals surface area contributed by atoms with E-state index < -0.39 is 0 Å². The monoisotopic (exact) mass is 426 g/mol. The summed E-state index contributed by atoms with van der Waals surface area (Å²) >= 11 is 0. The van der Waals surface area contributed by atoms with Crippen molar-refractivity contribution in [1.82, 2.24) is 0 Å². The molecule has 0 spiro atoms. The van der Waals surface area contributed by atoms with Crippen LogP contribution in [0, 0.1) is 5.41 Å². The Labute approximate surface area is 189 Å². The first-order valence-electron chi connectivity index (χ1n) is 12.8. The number of rotatable bonds is 10. The first-order valence-corrected chi connectivity index (χ1v) is 12.8. The zero-order chi connectivity index (χ0) is 21.6. The van der Waals surface area contributed by atoms with Crippen LogP contribution in [0.5, 0.6) is 0 Å². The van der Waals surface area contributed by atoms with Gasteiger partial charge in [0.2, 0.25) is 0 Å². The average molecular weight is 427 g/mol. The Balaban J connectivity index is 1.28. The highest BCUT2D eigenvalue weighted by atomic mass is 16.7. The van der Waals surface area contributed by atoms with E-state index in [1.165, 1.54) is 69.8 Å². The maximum absolute atomic E-state index is 6.06. The number of hydrogen-bond acceptors (Lipinski definition) is 3. The van der Waals surface area contributed by atoms with Crippen LogP contribution in [0.15, 0.2) is 36.4 Å². The molecule has 0 N–H and O–H groups in total. The number of ether oxygens (including phenoxy) is 3. The quantitative estimate of drug-likeness (QED) is 0.291. The first kappa shape index (κ1) is 23.0. The molecule has 0 aromatic heterocycles. The third kappa shape index (κ3) is 5.43. The molecule has 2 atom stereocenters. The minimum Gasteiger partial charge on any atom is -0.366 e. The number of fused-ring (bicyclic) bond motifs is 3. The van der Waals surface area contributed by atoms with Crippen molar-refractivity contribution in [3.8, 4) is 0 Å². The van der Waals surface area contributed by atoms with Crippen molar-refractivity contribution in [2.45, 2.75) is 102 Å². The van der Waals surface area contributed by atoms with Gasteiger partial charge in [0.15, 0.2) is 6.29 Å². The zero-order valence-electron chi connectivity index (χ0n) is 19.7. The highest BCUT2D eigenvalue weighted by molar-refractivity contribution is 5.32. The van der Waals surface area contributed by atoms with Gasteiger partial charge in [0.25, 0.3) is 0 Å². The second kappa shape index (κ2) is 10.6. The van der Waals surface area contributed by atoms with Gasteiger partial charge < -0.3 is 14.2 Å². The lowest BCUT2D eigenvalue weighted by atomic mass is 9.51. The third-order valence-corrected chi connectivity index (χ3v) is 8.25. The number of benzene rings is 1. The van der Waals surface area contributed by atoms with E-state index in [1.54, 1.807) is 5.56 Å². The highest BCUT2D eigenvalue weighted by Gasteiger charge is 2.48. The van der Waals surface area contributed by atoms with Crippen molar-refractivity contribution in [2.24, 2.45) is 5.41 Å². The van der Waals surface area contributed by atoms with Gasteiger partial charge in [-0.2, -0.15) is 0 Å². The van der Waals surface area contributed by atoms with E-state index in [1.807, 2.05) is 6.08 Å². The van der Waals surface area contributed by atoms with Gasteiger partial charge in [-0.25, -0.2) is 0 Å². The van der Waals surface area contributed by atoms with Crippen LogP contribution in [0.3, 0.4) is 0 Å². The minimum atomic E-state index is -0.252. The Hall–Kier alpha value is -1.16. The summed E-state index contributed by atoms with van der Waals surface area (Å²) < 4.78 is 17.7. The summed E-state index contributed by atoms with van der Waals surface area (Å²) in [5, 5.41) is 0. The van der Waals surface area contributed by atoms with E-state index >= 15 is 0 Å². The molecule has 31 heavy (non-hydrogen) atoms. The largest absolute Gasteiger partial charge is 0.366 e. The van der Waals surface area contributed by atoms with Crippen LogP contribution in [0.4, 0.5) is 0 Å². The molecular formula is C28H42O3. The van der Waals surface area contributed by atoms with Crippen molar-refractivity contribution >= 4 is 0 Å². The number of allylic oxidation sites excluding steroid dienone is 1. The van der Waals surface area contributed by atoms with Crippen LogP contribution in [0.1, 0.15) is 102 Å². The highest BCUT2D eigenvalue weighted by Crippen LogP contribution is 2.59. The van der Waals surface area contributed by atoms with Crippen LogP contribution in [-0.2, 0) is 19.6 Å². The summed E-state index contributed by atoms with van der Waals surface area (Å²) in [6.07, 6.45) is 19.1. The second-order valence-electron chi connectivity index (χ2n) is 10.2. The van der Waals surface area contributed by atoms with Gasteiger partial charge in [-0.3, -0.25) is 0 Å². The summed E-state index contributed by atoms with van der Waals surface area (Å²) in [7, 11) is 0. The normalized spacial score (nSPS) is 33.2. The molecule has 3 heteroatoms. The van der Waals surface area contributed by atoms with Crippen molar-refractivity contribution in [3.05, 3.63) is 47.5 Å². The fourth-order valence-corrected chi connectivity index (χ4v) is 6.04. The van der Waals surface area contributed by atoms with E-state index in [0.717, 1.165) is 6.42 Å². The molecule has 0 amide bonds. The molecule has 0 radical (unpaired) electrons. The summed E-state index contributed by atoms with van der Waals surface area (Å²) in [4.78, 5) is 0. The van der Waals surface area contributed by atoms with Crippen LogP contribution in [0.2, 0.25) is 0 Å². The lowest BCUT2D eigenvalue weighted by molar-refractivity contribution is -0.232. The Bertz CT molecular complexity index is 675. The maximum Gasteiger partial charge on any atom is 0.181 e. The number of hydrogen-bond donors (Lipinski definition) is 0. The molecular weight excluding hydrogens is 384 g/mol. The second-order valence-corrected chi connectivity index (χ2v) is 10.2. The molecule has 5 rings (SSSR count). The summed E-state index contributed by atoms with van der Waals surface area (Å²) in [5.41, 5.74) is 3.89. The van der Waals surface area contributed by atoms with Gasteiger partial charge in [0.05, 0.1) is 19.8 Å². The molecule has 3 nitrogen and oxygen atoms in total. The molecule has 172 valence electrons. The lowest BCUT2D eigenvalue weighted by Crippen LogP contribution is -2.44. The standard InChI is InChI=1S/C28H42O3/c1-3-5-7-13-27-14-17-28(18-15-27,19-16-27)24-11-9-23(10-12-24)25-21-31-26(22-30-25)29-20-8-6-4-2/h6,8-12,25-26H,3-5,7,13-22H2,1-2H3/b8-6+/t25-,26+,27?,28?/m0/s1. The molecule has 1 heterocycles.